The van der Waals surface area contributed by atoms with Gasteiger partial charge in [-0.05, 0) is 29.8 Å². The minimum absolute atomic E-state index is 0.101. The number of rotatable bonds is 7. The van der Waals surface area contributed by atoms with E-state index in [9.17, 15) is 4.79 Å². The highest BCUT2D eigenvalue weighted by Gasteiger charge is 2.18. The largest absolute Gasteiger partial charge is 0.493 e. The Bertz CT molecular complexity index is 1060. The highest BCUT2D eigenvalue weighted by atomic mass is 16.5. The van der Waals surface area contributed by atoms with Gasteiger partial charge in [0.25, 0.3) is 5.56 Å². The molecule has 7 nitrogen and oxygen atoms in total. The summed E-state index contributed by atoms with van der Waals surface area (Å²) in [6.07, 6.45) is 0. The van der Waals surface area contributed by atoms with E-state index in [4.69, 9.17) is 9.47 Å². The van der Waals surface area contributed by atoms with E-state index in [0.29, 0.717) is 18.2 Å². The summed E-state index contributed by atoms with van der Waals surface area (Å²) in [6, 6.07) is 19.5. The van der Waals surface area contributed by atoms with Crippen molar-refractivity contribution >= 4 is 0 Å². The number of benzene rings is 2. The van der Waals surface area contributed by atoms with Crippen LogP contribution < -0.4 is 15.0 Å². The Balaban J connectivity index is 1.42. The third-order valence-electron chi connectivity index (χ3n) is 5.59. The standard InChI is InChI=1S/C24H28N4O3/c1-30-22-10-8-20(16-23(22)31-2)21-9-11-24(29)28(25-21)18-27-14-12-26(13-15-27)17-19-6-4-3-5-7-19/h3-11,16H,12-15,17-18H2,1-2H3. The Hall–Kier alpha value is -3.16. The van der Waals surface area contributed by atoms with Crippen LogP contribution in [0.25, 0.3) is 11.3 Å². The molecule has 0 radical (unpaired) electrons. The van der Waals surface area contributed by atoms with Crippen molar-refractivity contribution in [1.82, 2.24) is 19.6 Å². The number of ether oxygens (including phenoxy) is 2. The Kier molecular flexibility index (Phi) is 6.64. The van der Waals surface area contributed by atoms with Crippen LogP contribution in [0.2, 0.25) is 0 Å². The fourth-order valence-corrected chi connectivity index (χ4v) is 3.82. The highest BCUT2D eigenvalue weighted by Crippen LogP contribution is 2.31. The maximum absolute atomic E-state index is 12.4. The van der Waals surface area contributed by atoms with Gasteiger partial charge in [-0.1, -0.05) is 30.3 Å². The summed E-state index contributed by atoms with van der Waals surface area (Å²) in [7, 11) is 3.21. The fourth-order valence-electron chi connectivity index (χ4n) is 3.82. The summed E-state index contributed by atoms with van der Waals surface area (Å²) in [5, 5.41) is 4.61. The topological polar surface area (TPSA) is 59.8 Å². The molecular weight excluding hydrogens is 392 g/mol. The molecule has 0 atom stereocenters. The zero-order chi connectivity index (χ0) is 21.6. The van der Waals surface area contributed by atoms with Crippen LogP contribution in [0.4, 0.5) is 0 Å². The number of hydrogen-bond acceptors (Lipinski definition) is 6. The van der Waals surface area contributed by atoms with Crippen LogP contribution >= 0.6 is 0 Å². The van der Waals surface area contributed by atoms with Gasteiger partial charge >= 0.3 is 0 Å². The molecule has 1 aliphatic rings. The average Bonchev–Trinajstić information content (AvgIpc) is 2.82. The van der Waals surface area contributed by atoms with E-state index in [1.165, 1.54) is 5.56 Å². The summed E-state index contributed by atoms with van der Waals surface area (Å²) in [5.41, 5.74) is 2.83. The zero-order valence-electron chi connectivity index (χ0n) is 18.0. The quantitative estimate of drug-likeness (QED) is 0.586. The first kappa shape index (κ1) is 21.1. The van der Waals surface area contributed by atoms with Crippen molar-refractivity contribution in [1.29, 1.82) is 0 Å². The highest BCUT2D eigenvalue weighted by molar-refractivity contribution is 5.63. The van der Waals surface area contributed by atoms with Crippen molar-refractivity contribution in [2.24, 2.45) is 0 Å². The molecule has 1 aromatic heterocycles. The first-order chi connectivity index (χ1) is 15.2. The third kappa shape index (κ3) is 5.13. The lowest BCUT2D eigenvalue weighted by molar-refractivity contribution is 0.0971. The molecule has 3 aromatic rings. The summed E-state index contributed by atoms with van der Waals surface area (Å²) >= 11 is 0. The number of methoxy groups -OCH3 is 2. The molecule has 2 aromatic carbocycles. The maximum Gasteiger partial charge on any atom is 0.268 e. The lowest BCUT2D eigenvalue weighted by Crippen LogP contribution is -2.47. The molecule has 7 heteroatoms. The van der Waals surface area contributed by atoms with E-state index in [0.717, 1.165) is 44.0 Å². The summed E-state index contributed by atoms with van der Waals surface area (Å²) in [5.74, 6) is 1.29. The van der Waals surface area contributed by atoms with E-state index in [2.05, 4.69) is 39.2 Å². The molecule has 1 aliphatic heterocycles. The van der Waals surface area contributed by atoms with Crippen LogP contribution in [0, 0.1) is 0 Å². The van der Waals surface area contributed by atoms with E-state index in [-0.39, 0.29) is 5.56 Å². The van der Waals surface area contributed by atoms with Gasteiger partial charge in [-0.3, -0.25) is 14.6 Å². The van der Waals surface area contributed by atoms with E-state index in [1.54, 1.807) is 31.0 Å². The van der Waals surface area contributed by atoms with Crippen molar-refractivity contribution in [2.75, 3.05) is 40.4 Å². The van der Waals surface area contributed by atoms with Crippen LogP contribution in [-0.4, -0.2) is 60.0 Å². The molecule has 31 heavy (non-hydrogen) atoms. The Morgan fingerprint density at radius 3 is 2.26 bits per heavy atom. The van der Waals surface area contributed by atoms with Gasteiger partial charge in [0.05, 0.1) is 26.6 Å². The van der Waals surface area contributed by atoms with Gasteiger partial charge in [-0.2, -0.15) is 5.10 Å². The number of nitrogens with zero attached hydrogens (tertiary/aromatic N) is 4. The number of hydrogen-bond donors (Lipinski definition) is 0. The first-order valence-electron chi connectivity index (χ1n) is 10.5. The molecule has 1 fully saturated rings. The lowest BCUT2D eigenvalue weighted by atomic mass is 10.1. The Morgan fingerprint density at radius 1 is 0.839 bits per heavy atom. The lowest BCUT2D eigenvalue weighted by Gasteiger charge is -2.34. The van der Waals surface area contributed by atoms with E-state index < -0.39 is 0 Å². The van der Waals surface area contributed by atoms with Crippen LogP contribution in [-0.2, 0) is 13.2 Å². The molecule has 162 valence electrons. The SMILES string of the molecule is COc1ccc(-c2ccc(=O)n(CN3CCN(Cc4ccccc4)CC3)n2)cc1OC. The molecule has 1 saturated heterocycles. The van der Waals surface area contributed by atoms with Crippen LogP contribution in [0.1, 0.15) is 5.56 Å². The Labute approximate surface area is 182 Å². The minimum atomic E-state index is -0.101. The predicted molar refractivity (Wildman–Crippen MR) is 120 cm³/mol. The van der Waals surface area contributed by atoms with Crippen LogP contribution in [0.5, 0.6) is 11.5 Å². The molecule has 0 amide bonds. The second kappa shape index (κ2) is 9.76. The van der Waals surface area contributed by atoms with Crippen molar-refractivity contribution in [3.05, 3.63) is 76.6 Å². The summed E-state index contributed by atoms with van der Waals surface area (Å²) in [6.45, 7) is 5.20. The van der Waals surface area contributed by atoms with Crippen LogP contribution in [0.3, 0.4) is 0 Å². The van der Waals surface area contributed by atoms with Gasteiger partial charge in [0.1, 0.15) is 0 Å². The minimum Gasteiger partial charge on any atom is -0.493 e. The van der Waals surface area contributed by atoms with Crippen molar-refractivity contribution < 1.29 is 9.47 Å². The van der Waals surface area contributed by atoms with Gasteiger partial charge < -0.3 is 9.47 Å². The normalized spacial score (nSPS) is 15.0. The van der Waals surface area contributed by atoms with Crippen molar-refractivity contribution in [3.8, 4) is 22.8 Å². The van der Waals surface area contributed by atoms with Gasteiger partial charge in [0.2, 0.25) is 0 Å². The maximum atomic E-state index is 12.4. The first-order valence-corrected chi connectivity index (χ1v) is 10.5. The molecule has 2 heterocycles. The van der Waals surface area contributed by atoms with E-state index in [1.807, 2.05) is 24.3 Å². The predicted octanol–water partition coefficient (Wildman–Crippen LogP) is 2.70. The molecule has 0 spiro atoms. The van der Waals surface area contributed by atoms with Crippen molar-refractivity contribution in [3.63, 3.8) is 0 Å². The van der Waals surface area contributed by atoms with E-state index >= 15 is 0 Å². The Morgan fingerprint density at radius 2 is 1.55 bits per heavy atom. The molecule has 0 saturated carbocycles. The second-order valence-electron chi connectivity index (χ2n) is 7.65. The monoisotopic (exact) mass is 420 g/mol. The molecule has 4 rings (SSSR count). The van der Waals surface area contributed by atoms with Gasteiger partial charge in [0.15, 0.2) is 11.5 Å². The number of aromatic nitrogens is 2. The van der Waals surface area contributed by atoms with Gasteiger partial charge in [-0.25, -0.2) is 4.68 Å². The summed E-state index contributed by atoms with van der Waals surface area (Å²) < 4.78 is 12.2. The molecule has 0 aliphatic carbocycles. The third-order valence-corrected chi connectivity index (χ3v) is 5.59. The van der Waals surface area contributed by atoms with Gasteiger partial charge in [0, 0.05) is 44.4 Å². The fraction of sp³-hybridized carbons (Fsp3) is 0.333. The zero-order valence-corrected chi connectivity index (χ0v) is 18.0. The summed E-state index contributed by atoms with van der Waals surface area (Å²) in [4.78, 5) is 17.1. The number of piperazine rings is 1. The van der Waals surface area contributed by atoms with Gasteiger partial charge in [-0.15, -0.1) is 0 Å². The van der Waals surface area contributed by atoms with Crippen LogP contribution in [0.15, 0.2) is 65.5 Å². The second-order valence-corrected chi connectivity index (χ2v) is 7.65. The molecular formula is C24H28N4O3. The molecule has 0 N–H and O–H groups in total. The molecule has 0 unspecified atom stereocenters. The molecule has 0 bridgehead atoms. The van der Waals surface area contributed by atoms with Crippen molar-refractivity contribution in [2.45, 2.75) is 13.2 Å². The average molecular weight is 421 g/mol. The smallest absolute Gasteiger partial charge is 0.268 e.